The molecule has 7 nitrogen and oxygen atoms in total. The van der Waals surface area contributed by atoms with Crippen molar-refractivity contribution in [1.82, 2.24) is 14.6 Å². The van der Waals surface area contributed by atoms with Crippen molar-refractivity contribution in [3.8, 4) is 5.75 Å². The number of benzene rings is 1. The zero-order valence-corrected chi connectivity index (χ0v) is 14.3. The fraction of sp³-hybridized carbons (Fsp3) is 0.278. The number of rotatable bonds is 0. The van der Waals surface area contributed by atoms with Gasteiger partial charge in [-0.15, -0.1) is 0 Å². The zero-order valence-electron chi connectivity index (χ0n) is 14.3. The number of cyclic esters (lactones) is 1. The van der Waals surface area contributed by atoms with Gasteiger partial charge in [-0.25, -0.2) is 18.7 Å². The van der Waals surface area contributed by atoms with Crippen molar-refractivity contribution in [3.63, 3.8) is 0 Å². The number of esters is 1. The Morgan fingerprint density at radius 3 is 3.00 bits per heavy atom. The Bertz CT molecular complexity index is 988. The summed E-state index contributed by atoms with van der Waals surface area (Å²) in [7, 11) is 0. The number of hydrogen-bond acceptors (Lipinski definition) is 6. The van der Waals surface area contributed by atoms with Crippen LogP contribution in [0.15, 0.2) is 36.7 Å². The number of anilines is 1. The van der Waals surface area contributed by atoms with Crippen molar-refractivity contribution in [1.29, 1.82) is 0 Å². The summed E-state index contributed by atoms with van der Waals surface area (Å²) in [6.45, 7) is 3.76. The minimum absolute atomic E-state index is 0.145. The molecule has 2 bridgehead atoms. The number of nitrogens with zero attached hydrogens (tertiary/aromatic N) is 3. The average molecular weight is 356 g/mol. The van der Waals surface area contributed by atoms with Crippen molar-refractivity contribution < 1.29 is 18.7 Å². The maximum absolute atomic E-state index is 13.8. The van der Waals surface area contributed by atoms with Crippen LogP contribution < -0.4 is 10.1 Å². The van der Waals surface area contributed by atoms with Crippen molar-refractivity contribution in [2.24, 2.45) is 0 Å². The van der Waals surface area contributed by atoms with Crippen LogP contribution in [0, 0.1) is 5.82 Å². The number of aromatic nitrogens is 3. The first-order valence-electron chi connectivity index (χ1n) is 8.25. The molecule has 1 N–H and O–H groups in total. The highest BCUT2D eigenvalue weighted by atomic mass is 19.1. The van der Waals surface area contributed by atoms with E-state index in [1.54, 1.807) is 25.3 Å². The molecule has 134 valence electrons. The van der Waals surface area contributed by atoms with Gasteiger partial charge in [0.15, 0.2) is 5.65 Å². The number of carbonyl (C=O) groups is 1. The smallest absolute Gasteiger partial charge is 0.344 e. The third-order valence-electron chi connectivity index (χ3n) is 4.17. The first-order valence-corrected chi connectivity index (χ1v) is 8.25. The molecule has 2 atom stereocenters. The number of carbonyl (C=O) groups excluding carboxylic acids is 1. The molecule has 0 spiro atoms. The maximum atomic E-state index is 13.8. The quantitative estimate of drug-likeness (QED) is 0.624. The monoisotopic (exact) mass is 356 g/mol. The predicted octanol–water partition coefficient (Wildman–Crippen LogP) is 2.98. The topological polar surface area (TPSA) is 77.8 Å². The van der Waals surface area contributed by atoms with Gasteiger partial charge in [0.2, 0.25) is 0 Å². The minimum Gasteiger partial charge on any atom is -0.489 e. The molecule has 1 aromatic carbocycles. The fourth-order valence-electron chi connectivity index (χ4n) is 2.87. The maximum Gasteiger partial charge on any atom is 0.344 e. The molecule has 8 heteroatoms. The first-order chi connectivity index (χ1) is 12.5. The molecule has 0 aliphatic carbocycles. The van der Waals surface area contributed by atoms with Crippen LogP contribution in [0.1, 0.15) is 35.8 Å². The van der Waals surface area contributed by atoms with E-state index >= 15 is 0 Å². The molecule has 0 saturated carbocycles. The van der Waals surface area contributed by atoms with E-state index in [4.69, 9.17) is 9.47 Å². The first kappa shape index (κ1) is 16.3. The zero-order chi connectivity index (χ0) is 18.3. The third-order valence-corrected chi connectivity index (χ3v) is 4.17. The van der Waals surface area contributed by atoms with Gasteiger partial charge in [0.05, 0.1) is 12.2 Å². The van der Waals surface area contributed by atoms with Crippen molar-refractivity contribution in [2.75, 3.05) is 11.9 Å². The molecule has 1 aliphatic heterocycles. The van der Waals surface area contributed by atoms with Crippen LogP contribution in [-0.2, 0) is 4.74 Å². The Kier molecular flexibility index (Phi) is 3.95. The molecular weight excluding hydrogens is 339 g/mol. The fourth-order valence-corrected chi connectivity index (χ4v) is 2.87. The van der Waals surface area contributed by atoms with Gasteiger partial charge in [0.25, 0.3) is 0 Å². The number of ether oxygens (including phenoxy) is 2. The van der Waals surface area contributed by atoms with Crippen LogP contribution in [0.3, 0.4) is 0 Å². The van der Waals surface area contributed by atoms with Crippen LogP contribution in [0.4, 0.5) is 10.2 Å². The summed E-state index contributed by atoms with van der Waals surface area (Å²) in [5.41, 5.74) is 1.31. The average Bonchev–Trinajstić information content (AvgIpc) is 3.03. The lowest BCUT2D eigenvalue weighted by Crippen LogP contribution is -2.22. The molecule has 26 heavy (non-hydrogen) atoms. The molecule has 2 aromatic heterocycles. The second-order valence-electron chi connectivity index (χ2n) is 6.21. The van der Waals surface area contributed by atoms with Crippen LogP contribution in [-0.4, -0.2) is 33.3 Å². The normalized spacial score (nSPS) is 20.2. The summed E-state index contributed by atoms with van der Waals surface area (Å²) >= 11 is 0. The van der Waals surface area contributed by atoms with E-state index < -0.39 is 12.1 Å². The van der Waals surface area contributed by atoms with E-state index in [0.29, 0.717) is 22.8 Å². The molecule has 3 heterocycles. The summed E-state index contributed by atoms with van der Waals surface area (Å²) in [6, 6.07) is 5.79. The lowest BCUT2D eigenvalue weighted by atomic mass is 10.1. The van der Waals surface area contributed by atoms with Gasteiger partial charge in [0, 0.05) is 11.8 Å². The predicted molar refractivity (Wildman–Crippen MR) is 91.8 cm³/mol. The Hall–Kier alpha value is -3.16. The molecule has 1 unspecified atom stereocenters. The number of hydrogen-bond donors (Lipinski definition) is 1. The minimum atomic E-state index is -0.521. The molecular formula is C18H17FN4O3. The summed E-state index contributed by atoms with van der Waals surface area (Å²) in [4.78, 5) is 16.9. The van der Waals surface area contributed by atoms with E-state index in [9.17, 15) is 9.18 Å². The van der Waals surface area contributed by atoms with Crippen LogP contribution >= 0.6 is 0 Å². The van der Waals surface area contributed by atoms with Gasteiger partial charge in [-0.05, 0) is 38.1 Å². The van der Waals surface area contributed by atoms with Crippen molar-refractivity contribution in [2.45, 2.75) is 26.0 Å². The largest absolute Gasteiger partial charge is 0.489 e. The van der Waals surface area contributed by atoms with Crippen LogP contribution in [0.25, 0.3) is 5.65 Å². The number of nitrogens with one attached hydrogen (secondary N) is 1. The van der Waals surface area contributed by atoms with Gasteiger partial charge in [-0.2, -0.15) is 5.10 Å². The van der Waals surface area contributed by atoms with E-state index in [2.05, 4.69) is 15.4 Å². The molecule has 0 fully saturated rings. The Morgan fingerprint density at radius 1 is 1.31 bits per heavy atom. The highest BCUT2D eigenvalue weighted by Gasteiger charge is 2.21. The van der Waals surface area contributed by atoms with Crippen molar-refractivity contribution >= 4 is 17.4 Å². The van der Waals surface area contributed by atoms with E-state index in [0.717, 1.165) is 0 Å². The highest BCUT2D eigenvalue weighted by Crippen LogP contribution is 2.29. The molecule has 0 saturated heterocycles. The van der Waals surface area contributed by atoms with E-state index in [1.807, 2.05) is 6.92 Å². The van der Waals surface area contributed by atoms with Crippen molar-refractivity contribution in [3.05, 3.63) is 53.6 Å². The third kappa shape index (κ3) is 2.94. The number of fused-ring (bicyclic) bond motifs is 2. The second kappa shape index (κ2) is 6.29. The van der Waals surface area contributed by atoms with Gasteiger partial charge >= 0.3 is 5.97 Å². The molecule has 0 amide bonds. The summed E-state index contributed by atoms with van der Waals surface area (Å²) in [5.74, 6) is 0.179. The lowest BCUT2D eigenvalue weighted by molar-refractivity contribution is 0.0229. The summed E-state index contributed by atoms with van der Waals surface area (Å²) < 4.78 is 26.5. The summed E-state index contributed by atoms with van der Waals surface area (Å²) in [5, 5.41) is 7.33. The van der Waals surface area contributed by atoms with Gasteiger partial charge in [0.1, 0.15) is 35.7 Å². The Morgan fingerprint density at radius 2 is 2.15 bits per heavy atom. The van der Waals surface area contributed by atoms with Crippen LogP contribution in [0.5, 0.6) is 5.75 Å². The molecule has 4 rings (SSSR count). The van der Waals surface area contributed by atoms with E-state index in [-0.39, 0.29) is 24.0 Å². The lowest BCUT2D eigenvalue weighted by Gasteiger charge is -2.20. The van der Waals surface area contributed by atoms with Gasteiger partial charge < -0.3 is 14.8 Å². The Balaban J connectivity index is 1.82. The van der Waals surface area contributed by atoms with Crippen LogP contribution in [0.2, 0.25) is 0 Å². The SMILES string of the molecule is CC1Nc2ccn3ncc(c3n2)C(=O)O[C@H](C)COc2ccc(F)cc21. The molecule has 1 aliphatic rings. The molecule has 3 aromatic rings. The molecule has 0 radical (unpaired) electrons. The van der Waals surface area contributed by atoms with Gasteiger partial charge in [-0.1, -0.05) is 0 Å². The Labute approximate surface area is 148 Å². The second-order valence-corrected chi connectivity index (χ2v) is 6.21. The van der Waals surface area contributed by atoms with E-state index in [1.165, 1.54) is 22.8 Å². The van der Waals surface area contributed by atoms with Gasteiger partial charge in [-0.3, -0.25) is 0 Å². The highest BCUT2D eigenvalue weighted by molar-refractivity contribution is 5.95. The standard InChI is InChI=1S/C18H17FN4O3/c1-10-9-25-15-4-3-12(19)7-13(15)11(2)21-16-5-6-23-17(22-16)14(8-20-23)18(24)26-10/h3-8,10-11H,9H2,1-2H3,(H,21,22)/t10-,11?/m1/s1. The number of halogens is 1. The summed E-state index contributed by atoms with van der Waals surface area (Å²) in [6.07, 6.45) is 2.62.